The summed E-state index contributed by atoms with van der Waals surface area (Å²) in [6.07, 6.45) is 3.59. The number of rotatable bonds is 2. The predicted octanol–water partition coefficient (Wildman–Crippen LogP) is 3.95. The summed E-state index contributed by atoms with van der Waals surface area (Å²) in [6, 6.07) is 8.79. The summed E-state index contributed by atoms with van der Waals surface area (Å²) in [6.45, 7) is 8.48. The van der Waals surface area contributed by atoms with Crippen molar-refractivity contribution >= 4 is 32.9 Å². The molecule has 24 heavy (non-hydrogen) atoms. The van der Waals surface area contributed by atoms with E-state index in [0.717, 1.165) is 34.9 Å². The van der Waals surface area contributed by atoms with E-state index in [1.54, 1.807) is 12.4 Å². The monoisotopic (exact) mass is 385 g/mol. The minimum Gasteiger partial charge on any atom is -0.337 e. The molecule has 4 rings (SSSR count). The maximum Gasteiger partial charge on any atom is 0.225 e. The molecule has 6 heteroatoms. The Morgan fingerprint density at radius 3 is 2.42 bits per heavy atom. The van der Waals surface area contributed by atoms with Gasteiger partial charge in [0.15, 0.2) is 0 Å². The number of anilines is 1. The van der Waals surface area contributed by atoms with Gasteiger partial charge in [-0.1, -0.05) is 32.9 Å². The third-order valence-electron chi connectivity index (χ3n) is 4.38. The van der Waals surface area contributed by atoms with E-state index < -0.39 is 0 Å². The van der Waals surface area contributed by atoms with Crippen molar-refractivity contribution in [2.75, 3.05) is 18.0 Å². The molecule has 0 spiro atoms. The Bertz CT molecular complexity index is 873. The Hall–Kier alpha value is -1.95. The van der Waals surface area contributed by atoms with Gasteiger partial charge in [0.05, 0.1) is 21.5 Å². The van der Waals surface area contributed by atoms with Crippen molar-refractivity contribution < 1.29 is 0 Å². The van der Waals surface area contributed by atoms with E-state index in [-0.39, 0.29) is 5.41 Å². The minimum absolute atomic E-state index is 0.00749. The highest BCUT2D eigenvalue weighted by Gasteiger charge is 2.35. The number of halogens is 1. The fraction of sp³-hybridized carbons (Fsp3) is 0.389. The first-order chi connectivity index (χ1) is 11.4. The van der Waals surface area contributed by atoms with E-state index in [9.17, 15) is 0 Å². The van der Waals surface area contributed by atoms with Gasteiger partial charge in [-0.3, -0.25) is 0 Å². The molecule has 0 radical (unpaired) electrons. The molecule has 1 aromatic carbocycles. The fourth-order valence-electron chi connectivity index (χ4n) is 3.19. The molecule has 1 aliphatic heterocycles. The molecule has 1 aliphatic rings. The van der Waals surface area contributed by atoms with Gasteiger partial charge in [0, 0.05) is 30.9 Å². The van der Waals surface area contributed by atoms with Gasteiger partial charge in [-0.25, -0.2) is 15.0 Å². The summed E-state index contributed by atoms with van der Waals surface area (Å²) in [7, 11) is 0. The molecular formula is C18H20BrN5. The predicted molar refractivity (Wildman–Crippen MR) is 99.4 cm³/mol. The van der Waals surface area contributed by atoms with Crippen LogP contribution in [0.5, 0.6) is 0 Å². The molecule has 1 fully saturated rings. The summed E-state index contributed by atoms with van der Waals surface area (Å²) in [4.78, 5) is 15.9. The third-order valence-corrected chi connectivity index (χ3v) is 4.79. The Balaban J connectivity index is 1.67. The zero-order valence-electron chi connectivity index (χ0n) is 14.1. The number of hydrogen-bond acceptors (Lipinski definition) is 4. The summed E-state index contributed by atoms with van der Waals surface area (Å²) < 4.78 is 3.31. The van der Waals surface area contributed by atoms with Crippen molar-refractivity contribution in [3.05, 3.63) is 47.0 Å². The van der Waals surface area contributed by atoms with Crippen LogP contribution in [0.2, 0.25) is 0 Å². The maximum absolute atomic E-state index is 4.90. The molecule has 3 aromatic rings. The SMILES string of the molecule is CC(C)(C)c1nc2ccccc2n1C1CN(c2ncc(Br)cn2)C1. The zero-order valence-corrected chi connectivity index (χ0v) is 15.7. The van der Waals surface area contributed by atoms with Gasteiger partial charge in [0.2, 0.25) is 5.95 Å². The average Bonchev–Trinajstić information content (AvgIpc) is 2.88. The van der Waals surface area contributed by atoms with Crippen LogP contribution in [0.1, 0.15) is 32.6 Å². The molecule has 0 saturated carbocycles. The van der Waals surface area contributed by atoms with Gasteiger partial charge in [0.1, 0.15) is 5.82 Å². The van der Waals surface area contributed by atoms with Crippen molar-refractivity contribution in [3.63, 3.8) is 0 Å². The van der Waals surface area contributed by atoms with E-state index in [0.29, 0.717) is 6.04 Å². The number of fused-ring (bicyclic) bond motifs is 1. The standard InChI is InChI=1S/C18H20BrN5/c1-18(2,3)16-22-14-6-4-5-7-15(14)24(16)13-10-23(11-13)17-20-8-12(19)9-21-17/h4-9,13H,10-11H2,1-3H3. The normalized spacial score (nSPS) is 15.8. The van der Waals surface area contributed by atoms with Gasteiger partial charge in [-0.15, -0.1) is 0 Å². The van der Waals surface area contributed by atoms with Gasteiger partial charge >= 0.3 is 0 Å². The van der Waals surface area contributed by atoms with Crippen LogP contribution in [0.3, 0.4) is 0 Å². The Labute approximate surface area is 149 Å². The van der Waals surface area contributed by atoms with E-state index in [1.807, 2.05) is 0 Å². The molecule has 0 amide bonds. The van der Waals surface area contributed by atoms with Gasteiger partial charge in [-0.05, 0) is 28.1 Å². The number of hydrogen-bond donors (Lipinski definition) is 0. The van der Waals surface area contributed by atoms with Crippen molar-refractivity contribution in [2.24, 2.45) is 0 Å². The molecule has 0 aliphatic carbocycles. The van der Waals surface area contributed by atoms with Crippen LogP contribution in [0.25, 0.3) is 11.0 Å². The van der Waals surface area contributed by atoms with Crippen molar-refractivity contribution in [1.82, 2.24) is 19.5 Å². The molecule has 0 atom stereocenters. The van der Waals surface area contributed by atoms with Crippen molar-refractivity contribution in [2.45, 2.75) is 32.2 Å². The first kappa shape index (κ1) is 15.6. The van der Waals surface area contributed by atoms with E-state index in [4.69, 9.17) is 4.98 Å². The molecule has 5 nitrogen and oxygen atoms in total. The average molecular weight is 386 g/mol. The number of benzene rings is 1. The molecular weight excluding hydrogens is 366 g/mol. The third kappa shape index (κ3) is 2.59. The lowest BCUT2D eigenvalue weighted by molar-refractivity contribution is 0.369. The second kappa shape index (κ2) is 5.55. The lowest BCUT2D eigenvalue weighted by Crippen LogP contribution is -2.49. The van der Waals surface area contributed by atoms with Gasteiger partial charge < -0.3 is 9.47 Å². The zero-order chi connectivity index (χ0) is 16.9. The van der Waals surface area contributed by atoms with Crippen LogP contribution in [-0.2, 0) is 5.41 Å². The lowest BCUT2D eigenvalue weighted by Gasteiger charge is -2.41. The van der Waals surface area contributed by atoms with Gasteiger partial charge in [0.25, 0.3) is 0 Å². The van der Waals surface area contributed by atoms with Gasteiger partial charge in [-0.2, -0.15) is 0 Å². The molecule has 0 unspecified atom stereocenters. The summed E-state index contributed by atoms with van der Waals surface area (Å²) in [5.41, 5.74) is 2.29. The topological polar surface area (TPSA) is 46.8 Å². The molecule has 2 aromatic heterocycles. The highest BCUT2D eigenvalue weighted by Crippen LogP contribution is 2.34. The second-order valence-electron chi connectivity index (χ2n) is 7.30. The van der Waals surface area contributed by atoms with E-state index in [2.05, 4.69) is 80.4 Å². The fourth-order valence-corrected chi connectivity index (χ4v) is 3.40. The molecule has 3 heterocycles. The highest BCUT2D eigenvalue weighted by molar-refractivity contribution is 9.10. The summed E-state index contributed by atoms with van der Waals surface area (Å²) in [5.74, 6) is 1.93. The van der Waals surface area contributed by atoms with Crippen LogP contribution in [0, 0.1) is 0 Å². The summed E-state index contributed by atoms with van der Waals surface area (Å²) >= 11 is 3.38. The van der Waals surface area contributed by atoms with Crippen molar-refractivity contribution in [3.8, 4) is 0 Å². The lowest BCUT2D eigenvalue weighted by atomic mass is 9.94. The largest absolute Gasteiger partial charge is 0.337 e. The number of nitrogens with zero attached hydrogens (tertiary/aromatic N) is 5. The first-order valence-corrected chi connectivity index (χ1v) is 8.93. The smallest absolute Gasteiger partial charge is 0.225 e. The minimum atomic E-state index is 0.00749. The van der Waals surface area contributed by atoms with E-state index in [1.165, 1.54) is 5.52 Å². The molecule has 1 saturated heterocycles. The van der Waals surface area contributed by atoms with E-state index >= 15 is 0 Å². The Morgan fingerprint density at radius 1 is 1.08 bits per heavy atom. The number of imidazole rings is 1. The molecule has 124 valence electrons. The maximum atomic E-state index is 4.90. The van der Waals surface area contributed by atoms with Crippen LogP contribution in [0.15, 0.2) is 41.1 Å². The first-order valence-electron chi connectivity index (χ1n) is 8.13. The quantitative estimate of drug-likeness (QED) is 0.669. The Kier molecular flexibility index (Phi) is 3.60. The highest BCUT2D eigenvalue weighted by atomic mass is 79.9. The van der Waals surface area contributed by atoms with Crippen LogP contribution >= 0.6 is 15.9 Å². The van der Waals surface area contributed by atoms with Crippen LogP contribution in [0.4, 0.5) is 5.95 Å². The summed E-state index contributed by atoms with van der Waals surface area (Å²) in [5, 5.41) is 0. The van der Waals surface area contributed by atoms with Crippen LogP contribution in [-0.4, -0.2) is 32.6 Å². The van der Waals surface area contributed by atoms with Crippen LogP contribution < -0.4 is 4.90 Å². The molecule has 0 N–H and O–H groups in total. The number of aromatic nitrogens is 4. The Morgan fingerprint density at radius 2 is 1.75 bits per heavy atom. The van der Waals surface area contributed by atoms with Crippen molar-refractivity contribution in [1.29, 1.82) is 0 Å². The molecule has 0 bridgehead atoms. The second-order valence-corrected chi connectivity index (χ2v) is 8.22. The number of para-hydroxylation sites is 2.